The van der Waals surface area contributed by atoms with Crippen molar-refractivity contribution < 1.29 is 14.3 Å². The zero-order valence-electron chi connectivity index (χ0n) is 19.2. The number of carbonyl (C=O) groups excluding carboxylic acids is 1. The van der Waals surface area contributed by atoms with Crippen molar-refractivity contribution in [2.45, 2.75) is 19.3 Å². The Balaban J connectivity index is 1.58. The van der Waals surface area contributed by atoms with Crippen molar-refractivity contribution in [3.05, 3.63) is 71.5 Å². The fraction of sp³-hybridized carbons (Fsp3) is 0.192. The molecule has 0 saturated carbocycles. The van der Waals surface area contributed by atoms with Crippen LogP contribution in [-0.4, -0.2) is 44.6 Å². The smallest absolute Gasteiger partial charge is 0.272 e. The van der Waals surface area contributed by atoms with Crippen molar-refractivity contribution in [2.24, 2.45) is 0 Å². The van der Waals surface area contributed by atoms with Gasteiger partial charge in [0.2, 0.25) is 5.91 Å². The normalized spacial score (nSPS) is 14.5. The average molecular weight is 467 g/mol. The first-order valence-corrected chi connectivity index (χ1v) is 11.0. The van der Waals surface area contributed by atoms with Gasteiger partial charge in [-0.25, -0.2) is 4.98 Å². The lowest BCUT2D eigenvalue weighted by molar-refractivity contribution is -0.116. The Morgan fingerprint density at radius 1 is 1.20 bits per heavy atom. The number of anilines is 1. The lowest BCUT2D eigenvalue weighted by atomic mass is 9.85. The molecule has 0 fully saturated rings. The molecule has 1 N–H and O–H groups in total. The highest BCUT2D eigenvalue weighted by Gasteiger charge is 2.33. The van der Waals surface area contributed by atoms with Gasteiger partial charge in [-0.05, 0) is 24.6 Å². The Morgan fingerprint density at radius 2 is 2.03 bits per heavy atom. The first kappa shape index (κ1) is 22.1. The van der Waals surface area contributed by atoms with Gasteiger partial charge in [0.1, 0.15) is 12.4 Å². The number of terminal acetylenes is 1. The summed E-state index contributed by atoms with van der Waals surface area (Å²) in [6.45, 7) is 2.00. The van der Waals surface area contributed by atoms with Gasteiger partial charge in [0.25, 0.3) is 5.95 Å². The Bertz CT molecular complexity index is 1440. The highest BCUT2D eigenvalue weighted by Crippen LogP contribution is 2.42. The lowest BCUT2D eigenvalue weighted by Gasteiger charge is -2.25. The number of aromatic nitrogens is 5. The van der Waals surface area contributed by atoms with Crippen LogP contribution in [-0.2, 0) is 4.79 Å². The van der Waals surface area contributed by atoms with E-state index in [1.807, 2.05) is 55.5 Å². The second kappa shape index (κ2) is 9.27. The fourth-order valence-corrected chi connectivity index (χ4v) is 4.25. The summed E-state index contributed by atoms with van der Waals surface area (Å²) >= 11 is 0. The largest absolute Gasteiger partial charge is 0.493 e. The van der Waals surface area contributed by atoms with Crippen LogP contribution in [0.15, 0.2) is 54.7 Å². The molecule has 1 amide bonds. The number of hydrogen-bond acceptors (Lipinski definition) is 7. The molecule has 0 spiro atoms. The van der Waals surface area contributed by atoms with E-state index in [1.165, 1.54) is 4.68 Å². The zero-order valence-corrected chi connectivity index (χ0v) is 19.2. The van der Waals surface area contributed by atoms with Crippen LogP contribution in [0.2, 0.25) is 0 Å². The number of benzene rings is 2. The Labute approximate surface area is 202 Å². The maximum atomic E-state index is 12.8. The van der Waals surface area contributed by atoms with Crippen LogP contribution < -0.4 is 14.8 Å². The molecule has 0 saturated heterocycles. The maximum absolute atomic E-state index is 12.8. The van der Waals surface area contributed by atoms with Crippen molar-refractivity contribution >= 4 is 11.7 Å². The van der Waals surface area contributed by atoms with Gasteiger partial charge in [-0.1, -0.05) is 42.3 Å². The number of nitrogens with one attached hydrogen (secondary N) is 1. The highest BCUT2D eigenvalue weighted by molar-refractivity contribution is 5.95. The van der Waals surface area contributed by atoms with E-state index in [-0.39, 0.29) is 30.8 Å². The molecule has 174 valence electrons. The average Bonchev–Trinajstić information content (AvgIpc) is 3.23. The van der Waals surface area contributed by atoms with Crippen LogP contribution in [0.5, 0.6) is 11.5 Å². The van der Waals surface area contributed by atoms with Crippen LogP contribution in [0, 0.1) is 19.3 Å². The zero-order chi connectivity index (χ0) is 24.4. The SMILES string of the molecule is C#CCOc1cc([C@H]2CC(=O)Nc3c2c(C)nn3-c2nncc(-c3ccccc3)n2)ccc1OC. The van der Waals surface area contributed by atoms with Crippen LogP contribution in [0.25, 0.3) is 17.2 Å². The number of amides is 1. The molecule has 1 atom stereocenters. The summed E-state index contributed by atoms with van der Waals surface area (Å²) in [5.74, 6) is 3.94. The molecule has 0 unspecified atom stereocenters. The van der Waals surface area contributed by atoms with Gasteiger partial charge in [-0.2, -0.15) is 14.9 Å². The lowest BCUT2D eigenvalue weighted by Crippen LogP contribution is -2.25. The molecule has 0 bridgehead atoms. The molecular weight excluding hydrogens is 444 g/mol. The summed E-state index contributed by atoms with van der Waals surface area (Å²) < 4.78 is 12.6. The number of rotatable bonds is 6. The number of carbonyl (C=O) groups is 1. The minimum atomic E-state index is -0.253. The first-order valence-electron chi connectivity index (χ1n) is 11.0. The molecule has 0 radical (unpaired) electrons. The van der Waals surface area contributed by atoms with E-state index in [0.717, 1.165) is 22.4 Å². The second-order valence-electron chi connectivity index (χ2n) is 7.98. The Morgan fingerprint density at radius 3 is 2.80 bits per heavy atom. The summed E-state index contributed by atoms with van der Waals surface area (Å²) in [7, 11) is 1.57. The van der Waals surface area contributed by atoms with Gasteiger partial charge in [0, 0.05) is 23.5 Å². The number of hydrogen-bond donors (Lipinski definition) is 1. The van der Waals surface area contributed by atoms with Crippen molar-refractivity contribution in [3.8, 4) is 41.0 Å². The predicted molar refractivity (Wildman–Crippen MR) is 130 cm³/mol. The molecule has 2 aromatic carbocycles. The van der Waals surface area contributed by atoms with E-state index >= 15 is 0 Å². The van der Waals surface area contributed by atoms with E-state index < -0.39 is 0 Å². The second-order valence-corrected chi connectivity index (χ2v) is 7.98. The summed E-state index contributed by atoms with van der Waals surface area (Å²) in [6, 6.07) is 15.3. The van der Waals surface area contributed by atoms with Gasteiger partial charge in [0.15, 0.2) is 11.5 Å². The third kappa shape index (κ3) is 4.17. The molecule has 35 heavy (non-hydrogen) atoms. The van der Waals surface area contributed by atoms with Gasteiger partial charge < -0.3 is 14.8 Å². The highest BCUT2D eigenvalue weighted by atomic mass is 16.5. The van der Waals surface area contributed by atoms with Gasteiger partial charge >= 0.3 is 0 Å². The standard InChI is InChI=1S/C26H22N6O3/c1-4-12-35-22-13-18(10-11-21(22)34-3)19-14-23(33)29-25-24(19)16(2)31-32(25)26-28-20(15-27-30-26)17-8-6-5-7-9-17/h1,5-11,13,15,19H,12,14H2,2-3H3,(H,29,33)/t19-/m1/s1. The molecule has 1 aliphatic rings. The Hall–Kier alpha value is -4.71. The molecule has 2 aromatic heterocycles. The predicted octanol–water partition coefficient (Wildman–Crippen LogP) is 3.53. The van der Waals surface area contributed by atoms with E-state index in [9.17, 15) is 4.79 Å². The topological polar surface area (TPSA) is 104 Å². The Kier molecular flexibility index (Phi) is 5.85. The third-order valence-electron chi connectivity index (χ3n) is 5.81. The molecule has 4 aromatic rings. The first-order chi connectivity index (χ1) is 17.1. The van der Waals surface area contributed by atoms with E-state index in [4.69, 9.17) is 15.9 Å². The van der Waals surface area contributed by atoms with Gasteiger partial charge in [-0.3, -0.25) is 4.79 Å². The van der Waals surface area contributed by atoms with Crippen molar-refractivity contribution in [3.63, 3.8) is 0 Å². The number of methoxy groups -OCH3 is 1. The van der Waals surface area contributed by atoms with Crippen molar-refractivity contribution in [2.75, 3.05) is 19.0 Å². The molecular formula is C26H22N6O3. The maximum Gasteiger partial charge on any atom is 0.272 e. The quantitative estimate of drug-likeness (QED) is 0.434. The minimum Gasteiger partial charge on any atom is -0.493 e. The fourth-order valence-electron chi connectivity index (χ4n) is 4.25. The summed E-state index contributed by atoms with van der Waals surface area (Å²) in [6.07, 6.45) is 7.21. The van der Waals surface area contributed by atoms with Crippen LogP contribution in [0.3, 0.4) is 0 Å². The molecule has 3 heterocycles. The summed E-state index contributed by atoms with van der Waals surface area (Å²) in [4.78, 5) is 17.4. The van der Waals surface area contributed by atoms with E-state index in [1.54, 1.807) is 13.3 Å². The summed E-state index contributed by atoms with van der Waals surface area (Å²) in [5, 5.41) is 15.9. The van der Waals surface area contributed by atoms with Gasteiger partial charge in [-0.15, -0.1) is 11.5 Å². The number of ether oxygens (including phenoxy) is 2. The number of aryl methyl sites for hydroxylation is 1. The van der Waals surface area contributed by atoms with Crippen LogP contribution in [0.4, 0.5) is 5.82 Å². The molecule has 5 rings (SSSR count). The third-order valence-corrected chi connectivity index (χ3v) is 5.81. The van der Waals surface area contributed by atoms with Crippen LogP contribution in [0.1, 0.15) is 29.2 Å². The van der Waals surface area contributed by atoms with E-state index in [0.29, 0.717) is 23.0 Å². The monoisotopic (exact) mass is 466 g/mol. The molecule has 0 aliphatic carbocycles. The summed E-state index contributed by atoms with van der Waals surface area (Å²) in [5.41, 5.74) is 4.07. The van der Waals surface area contributed by atoms with Crippen LogP contribution >= 0.6 is 0 Å². The number of nitrogens with zero attached hydrogens (tertiary/aromatic N) is 5. The molecule has 9 heteroatoms. The minimum absolute atomic E-state index is 0.106. The number of fused-ring (bicyclic) bond motifs is 1. The molecule has 9 nitrogen and oxygen atoms in total. The molecule has 1 aliphatic heterocycles. The van der Waals surface area contributed by atoms with Crippen molar-refractivity contribution in [1.82, 2.24) is 25.0 Å². The van der Waals surface area contributed by atoms with Crippen molar-refractivity contribution in [1.29, 1.82) is 0 Å². The van der Waals surface area contributed by atoms with Gasteiger partial charge in [0.05, 0.1) is 24.7 Å². The van der Waals surface area contributed by atoms with E-state index in [2.05, 4.69) is 31.5 Å².